The predicted octanol–water partition coefficient (Wildman–Crippen LogP) is 4.17. The highest BCUT2D eigenvalue weighted by Gasteiger charge is 2.08. The number of unbranched alkanes of at least 4 members (excludes halogenated alkanes) is 3. The van der Waals surface area contributed by atoms with Crippen LogP contribution in [0.15, 0.2) is 0 Å². The van der Waals surface area contributed by atoms with Crippen LogP contribution in [0.1, 0.15) is 52.4 Å². The largest absolute Gasteiger partial charge is 0.466 e. The van der Waals surface area contributed by atoms with Gasteiger partial charge < -0.3 is 9.47 Å². The number of alkyl halides is 1. The number of ether oxygens (including phenoxy) is 2. The van der Waals surface area contributed by atoms with Gasteiger partial charge in [0.05, 0.1) is 13.2 Å². The lowest BCUT2D eigenvalue weighted by Crippen LogP contribution is -2.04. The van der Waals surface area contributed by atoms with Crippen molar-refractivity contribution in [3.05, 3.63) is 0 Å². The molecule has 0 radical (unpaired) electrons. The van der Waals surface area contributed by atoms with Crippen LogP contribution < -0.4 is 0 Å². The average molecular weight is 353 g/mol. The van der Waals surface area contributed by atoms with Crippen LogP contribution in [0, 0.1) is 0 Å². The Balaban J connectivity index is 3.78. The van der Waals surface area contributed by atoms with E-state index in [1.807, 2.05) is 0 Å². The molecule has 0 aliphatic rings. The highest BCUT2D eigenvalue weighted by molar-refractivity contribution is 7.57. The Morgan fingerprint density at radius 3 is 1.55 bits per heavy atom. The summed E-state index contributed by atoms with van der Waals surface area (Å²) in [6.07, 6.45) is 10.1. The van der Waals surface area contributed by atoms with Crippen molar-refractivity contribution in [2.24, 2.45) is 0 Å². The van der Waals surface area contributed by atoms with E-state index in [1.54, 1.807) is 0 Å². The van der Waals surface area contributed by atoms with Crippen molar-refractivity contribution < 1.29 is 19.1 Å². The molecule has 0 amide bonds. The highest BCUT2D eigenvalue weighted by Crippen LogP contribution is 2.38. The van der Waals surface area contributed by atoms with Gasteiger partial charge in [0.15, 0.2) is 0 Å². The van der Waals surface area contributed by atoms with Crippen LogP contribution in [-0.2, 0) is 19.1 Å². The topological polar surface area (TPSA) is 52.6 Å². The Hall–Kier alpha value is -0.340. The number of hydrogen-bond acceptors (Lipinski definition) is 4. The number of rotatable bonds is 14. The zero-order chi connectivity index (χ0) is 16.6. The van der Waals surface area contributed by atoms with E-state index in [2.05, 4.69) is 0 Å². The summed E-state index contributed by atoms with van der Waals surface area (Å²) in [5, 5.41) is 0. The van der Waals surface area contributed by atoms with Gasteiger partial charge in [0.25, 0.3) is 0 Å². The van der Waals surface area contributed by atoms with Gasteiger partial charge in [-0.2, -0.15) is 0 Å². The Kier molecular flexibility index (Phi) is 15.3. The minimum atomic E-state index is -0.199. The molecule has 0 heterocycles. The highest BCUT2D eigenvalue weighted by atomic mass is 35.5. The Bertz CT molecular complexity index is 276. The maximum Gasteiger partial charge on any atom is 0.302 e. The molecule has 22 heavy (non-hydrogen) atoms. The van der Waals surface area contributed by atoms with Gasteiger partial charge in [0.1, 0.15) is 0 Å². The molecule has 130 valence electrons. The molecule has 0 aromatic rings. The summed E-state index contributed by atoms with van der Waals surface area (Å²) in [5.74, 6) is 0.340. The van der Waals surface area contributed by atoms with Crippen LogP contribution in [-0.4, -0.2) is 49.5 Å². The molecule has 0 bridgehead atoms. The van der Waals surface area contributed by atoms with Crippen molar-refractivity contribution in [1.82, 2.24) is 0 Å². The van der Waals surface area contributed by atoms with Crippen LogP contribution in [0.5, 0.6) is 0 Å². The molecule has 0 unspecified atom stereocenters. The molecule has 0 N–H and O–H groups in total. The van der Waals surface area contributed by atoms with Crippen LogP contribution in [0.2, 0.25) is 0 Å². The first-order valence-electron chi connectivity index (χ1n) is 8.11. The third kappa shape index (κ3) is 16.0. The number of hydrogen-bond donors (Lipinski definition) is 0. The monoisotopic (exact) mass is 352 g/mol. The average Bonchev–Trinajstić information content (AvgIpc) is 2.45. The first-order chi connectivity index (χ1) is 10.6. The molecule has 0 rings (SSSR count). The second-order valence-electron chi connectivity index (χ2n) is 5.33. The van der Waals surface area contributed by atoms with Gasteiger partial charge in [-0.05, 0) is 57.0 Å². The van der Waals surface area contributed by atoms with E-state index in [9.17, 15) is 9.59 Å². The first kappa shape index (κ1) is 21.7. The zero-order valence-corrected chi connectivity index (χ0v) is 15.6. The molecule has 0 spiro atoms. The fraction of sp³-hybridized carbons (Fsp3) is 0.875. The van der Waals surface area contributed by atoms with E-state index >= 15 is 0 Å². The van der Waals surface area contributed by atoms with Crippen molar-refractivity contribution in [2.75, 3.05) is 37.6 Å². The van der Waals surface area contributed by atoms with E-state index in [-0.39, 0.29) is 19.9 Å². The number of carbonyl (C=O) groups excluding carboxylic acids is 2. The van der Waals surface area contributed by atoms with E-state index in [0.29, 0.717) is 13.2 Å². The minimum Gasteiger partial charge on any atom is -0.466 e. The normalized spacial score (nSPS) is 10.7. The fourth-order valence-electron chi connectivity index (χ4n) is 2.07. The predicted molar refractivity (Wildman–Crippen MR) is 93.2 cm³/mol. The number of carbonyl (C=O) groups is 2. The van der Waals surface area contributed by atoms with Crippen molar-refractivity contribution in [1.29, 1.82) is 0 Å². The van der Waals surface area contributed by atoms with Gasteiger partial charge in [0, 0.05) is 19.7 Å². The minimum absolute atomic E-state index is 0.0242. The van der Waals surface area contributed by atoms with Gasteiger partial charge in [-0.3, -0.25) is 9.59 Å². The van der Waals surface area contributed by atoms with Gasteiger partial charge in [-0.1, -0.05) is 0 Å². The summed E-state index contributed by atoms with van der Waals surface area (Å²) in [4.78, 5) is 21.4. The maximum atomic E-state index is 10.7. The first-order valence-corrected chi connectivity index (χ1v) is 10.5. The number of halogens is 1. The van der Waals surface area contributed by atoms with E-state index in [0.717, 1.165) is 38.0 Å². The molecule has 0 aliphatic carbocycles. The number of esters is 2. The second kappa shape index (κ2) is 15.6. The lowest BCUT2D eigenvalue weighted by atomic mass is 10.3. The summed E-state index contributed by atoms with van der Waals surface area (Å²) < 4.78 is 9.92. The SMILES string of the molecule is CC(=O)OCCCCP(CCCCCl)CCCCOC(C)=O. The second-order valence-corrected chi connectivity index (χ2v) is 8.39. The maximum absolute atomic E-state index is 10.7. The summed E-state index contributed by atoms with van der Waals surface area (Å²) >= 11 is 5.75. The Morgan fingerprint density at radius 1 is 0.773 bits per heavy atom. The quantitative estimate of drug-likeness (QED) is 0.204. The molecule has 0 fully saturated rings. The molecular formula is C16H30ClO4P. The standard InChI is InChI=1S/C16H30ClO4P/c1-15(18)20-10-4-7-13-22(12-6-3-9-17)14-8-5-11-21-16(2)19/h3-14H2,1-2H3. The van der Waals surface area contributed by atoms with Crippen LogP contribution in [0.4, 0.5) is 0 Å². The lowest BCUT2D eigenvalue weighted by Gasteiger charge is -2.17. The smallest absolute Gasteiger partial charge is 0.302 e. The fourth-order valence-corrected chi connectivity index (χ4v) is 4.94. The third-order valence-corrected chi connectivity index (χ3v) is 6.32. The van der Waals surface area contributed by atoms with E-state index in [4.69, 9.17) is 21.1 Å². The van der Waals surface area contributed by atoms with Crippen LogP contribution in [0.25, 0.3) is 0 Å². The van der Waals surface area contributed by atoms with Crippen molar-refractivity contribution in [2.45, 2.75) is 52.4 Å². The van der Waals surface area contributed by atoms with Gasteiger partial charge >= 0.3 is 11.9 Å². The van der Waals surface area contributed by atoms with Gasteiger partial charge in [-0.25, -0.2) is 0 Å². The molecule has 0 saturated heterocycles. The Morgan fingerprint density at radius 2 is 1.18 bits per heavy atom. The summed E-state index contributed by atoms with van der Waals surface area (Å²) in [6.45, 7) is 3.96. The molecule has 4 nitrogen and oxygen atoms in total. The molecule has 0 saturated carbocycles. The zero-order valence-electron chi connectivity index (χ0n) is 13.9. The Labute approximate surface area is 141 Å². The molecule has 0 aromatic heterocycles. The lowest BCUT2D eigenvalue weighted by molar-refractivity contribution is -0.142. The van der Waals surface area contributed by atoms with Crippen LogP contribution in [0.3, 0.4) is 0 Å². The van der Waals surface area contributed by atoms with E-state index < -0.39 is 0 Å². The van der Waals surface area contributed by atoms with Gasteiger partial charge in [0.2, 0.25) is 0 Å². The third-order valence-electron chi connectivity index (χ3n) is 3.21. The molecule has 0 aliphatic heterocycles. The summed E-state index contributed by atoms with van der Waals surface area (Å²) in [7, 11) is 0.0242. The summed E-state index contributed by atoms with van der Waals surface area (Å²) in [5.41, 5.74) is 0. The van der Waals surface area contributed by atoms with Crippen molar-refractivity contribution in [3.8, 4) is 0 Å². The molecular weight excluding hydrogens is 323 g/mol. The molecule has 0 aromatic carbocycles. The van der Waals surface area contributed by atoms with Crippen LogP contribution >= 0.6 is 19.5 Å². The molecule has 6 heteroatoms. The molecule has 0 atom stereocenters. The summed E-state index contributed by atoms with van der Waals surface area (Å²) in [6, 6.07) is 0. The van der Waals surface area contributed by atoms with Crippen molar-refractivity contribution >= 4 is 31.5 Å². The van der Waals surface area contributed by atoms with E-state index in [1.165, 1.54) is 38.8 Å². The van der Waals surface area contributed by atoms with Gasteiger partial charge in [-0.15, -0.1) is 19.5 Å². The van der Waals surface area contributed by atoms with Crippen molar-refractivity contribution in [3.63, 3.8) is 0 Å².